The molecule has 2 aromatic carbocycles. The largest absolute Gasteiger partial charge is 0.342 e. The van der Waals surface area contributed by atoms with Crippen LogP contribution in [0.2, 0.25) is 0 Å². The molecule has 150 valence electrons. The number of amides is 2. The fraction of sp³-hybridized carbons (Fsp3) is 0.238. The highest BCUT2D eigenvalue weighted by Gasteiger charge is 2.19. The van der Waals surface area contributed by atoms with E-state index in [1.54, 1.807) is 10.6 Å². The number of carbonyl (C=O) groups excluding carboxylic acids is 2. The van der Waals surface area contributed by atoms with E-state index >= 15 is 0 Å². The van der Waals surface area contributed by atoms with Crippen LogP contribution in [0.4, 0.5) is 5.69 Å². The monoisotopic (exact) mass is 409 g/mol. The fourth-order valence-electron chi connectivity index (χ4n) is 2.81. The molecule has 29 heavy (non-hydrogen) atoms. The number of benzene rings is 2. The van der Waals surface area contributed by atoms with Gasteiger partial charge in [-0.3, -0.25) is 9.59 Å². The molecule has 7 nitrogen and oxygen atoms in total. The van der Waals surface area contributed by atoms with Gasteiger partial charge in [0.25, 0.3) is 5.91 Å². The highest BCUT2D eigenvalue weighted by Crippen LogP contribution is 2.20. The Balaban J connectivity index is 1.58. The zero-order chi connectivity index (χ0) is 20.8. The first kappa shape index (κ1) is 20.6. The predicted octanol–water partition coefficient (Wildman–Crippen LogP) is 3.35. The van der Waals surface area contributed by atoms with Crippen LogP contribution in [-0.4, -0.2) is 32.3 Å². The third kappa shape index (κ3) is 5.45. The number of anilines is 1. The average molecular weight is 410 g/mol. The number of carbonyl (C=O) groups is 2. The van der Waals surface area contributed by atoms with Crippen LogP contribution in [0.25, 0.3) is 0 Å². The van der Waals surface area contributed by atoms with Gasteiger partial charge in [-0.05, 0) is 38.1 Å². The van der Waals surface area contributed by atoms with E-state index in [1.165, 1.54) is 11.8 Å². The zero-order valence-corrected chi connectivity index (χ0v) is 17.4. The standard InChI is InChI=1S/C21H23N5O2S/c1-14-8-7-9-16(12-14)20(28)22-15(2)19-24-25-21(26(19)3)29-13-18(27)23-17-10-5-4-6-11-17/h4-12,15H,13H2,1-3H3,(H,22,28)(H,23,27)/t15-/m0/s1. The molecule has 1 aromatic heterocycles. The van der Waals surface area contributed by atoms with Gasteiger partial charge in [0.15, 0.2) is 11.0 Å². The highest BCUT2D eigenvalue weighted by molar-refractivity contribution is 7.99. The van der Waals surface area contributed by atoms with Crippen LogP contribution in [0.5, 0.6) is 0 Å². The lowest BCUT2D eigenvalue weighted by Crippen LogP contribution is -2.28. The van der Waals surface area contributed by atoms with E-state index in [0.29, 0.717) is 16.5 Å². The van der Waals surface area contributed by atoms with Crippen molar-refractivity contribution in [3.63, 3.8) is 0 Å². The first-order valence-corrected chi connectivity index (χ1v) is 10.2. The van der Waals surface area contributed by atoms with E-state index in [9.17, 15) is 9.59 Å². The van der Waals surface area contributed by atoms with Crippen LogP contribution in [0.15, 0.2) is 59.8 Å². The van der Waals surface area contributed by atoms with E-state index < -0.39 is 0 Å². The first-order chi connectivity index (χ1) is 13.9. The average Bonchev–Trinajstić information content (AvgIpc) is 3.07. The number of hydrogen-bond acceptors (Lipinski definition) is 5. The Morgan fingerprint density at radius 1 is 1.10 bits per heavy atom. The molecule has 0 aliphatic rings. The molecule has 0 saturated heterocycles. The second-order valence-electron chi connectivity index (χ2n) is 6.67. The summed E-state index contributed by atoms with van der Waals surface area (Å²) in [5.41, 5.74) is 2.38. The summed E-state index contributed by atoms with van der Waals surface area (Å²) in [7, 11) is 1.82. The Hall–Kier alpha value is -3.13. The summed E-state index contributed by atoms with van der Waals surface area (Å²) in [6, 6.07) is 16.4. The summed E-state index contributed by atoms with van der Waals surface area (Å²) in [4.78, 5) is 24.6. The third-order valence-electron chi connectivity index (χ3n) is 4.27. The third-order valence-corrected chi connectivity index (χ3v) is 5.29. The van der Waals surface area contributed by atoms with Gasteiger partial charge in [0.05, 0.1) is 11.8 Å². The summed E-state index contributed by atoms with van der Waals surface area (Å²) in [5, 5.41) is 14.7. The van der Waals surface area contributed by atoms with Crippen molar-refractivity contribution in [2.24, 2.45) is 7.05 Å². The van der Waals surface area contributed by atoms with Crippen LogP contribution < -0.4 is 10.6 Å². The molecule has 0 saturated carbocycles. The molecule has 2 N–H and O–H groups in total. The fourth-order valence-corrected chi connectivity index (χ4v) is 3.53. The van der Waals surface area contributed by atoms with Crippen LogP contribution in [0, 0.1) is 6.92 Å². The molecule has 0 aliphatic carbocycles. The molecular formula is C21H23N5O2S. The topological polar surface area (TPSA) is 88.9 Å². The van der Waals surface area contributed by atoms with Gasteiger partial charge in [0.2, 0.25) is 5.91 Å². The number of rotatable bonds is 7. The number of aryl methyl sites for hydroxylation is 1. The van der Waals surface area contributed by atoms with Crippen molar-refractivity contribution in [1.82, 2.24) is 20.1 Å². The van der Waals surface area contributed by atoms with Crippen molar-refractivity contribution in [3.05, 3.63) is 71.5 Å². The second-order valence-corrected chi connectivity index (χ2v) is 7.61. The second kappa shape index (κ2) is 9.38. The van der Waals surface area contributed by atoms with E-state index in [4.69, 9.17) is 0 Å². The van der Waals surface area contributed by atoms with Crippen molar-refractivity contribution in [2.45, 2.75) is 25.0 Å². The van der Waals surface area contributed by atoms with Gasteiger partial charge < -0.3 is 15.2 Å². The molecular weight excluding hydrogens is 386 g/mol. The molecule has 0 spiro atoms. The van der Waals surface area contributed by atoms with Crippen LogP contribution in [0.1, 0.15) is 34.7 Å². The van der Waals surface area contributed by atoms with E-state index in [2.05, 4.69) is 20.8 Å². The minimum atomic E-state index is -0.326. The number of thioether (sulfide) groups is 1. The Morgan fingerprint density at radius 2 is 1.86 bits per heavy atom. The lowest BCUT2D eigenvalue weighted by atomic mass is 10.1. The number of aromatic nitrogens is 3. The van der Waals surface area contributed by atoms with Crippen molar-refractivity contribution in [1.29, 1.82) is 0 Å². The van der Waals surface area contributed by atoms with Gasteiger partial charge >= 0.3 is 0 Å². The molecule has 3 aromatic rings. The Morgan fingerprint density at radius 3 is 2.59 bits per heavy atom. The molecule has 1 atom stereocenters. The van der Waals surface area contributed by atoms with Gasteiger partial charge in [-0.1, -0.05) is 47.7 Å². The SMILES string of the molecule is Cc1cccc(C(=O)N[C@@H](C)c2nnc(SCC(=O)Nc3ccccc3)n2C)c1. The molecule has 0 aliphatic heterocycles. The first-order valence-electron chi connectivity index (χ1n) is 9.18. The molecule has 8 heteroatoms. The normalized spacial score (nSPS) is 11.7. The molecule has 0 radical (unpaired) electrons. The molecule has 0 bridgehead atoms. The zero-order valence-electron chi connectivity index (χ0n) is 16.5. The van der Waals surface area contributed by atoms with Crippen molar-refractivity contribution in [3.8, 4) is 0 Å². The number of para-hydroxylation sites is 1. The van der Waals surface area contributed by atoms with Crippen molar-refractivity contribution >= 4 is 29.3 Å². The predicted molar refractivity (Wildman–Crippen MR) is 114 cm³/mol. The lowest BCUT2D eigenvalue weighted by molar-refractivity contribution is -0.113. The van der Waals surface area contributed by atoms with Crippen LogP contribution in [0.3, 0.4) is 0 Å². The maximum Gasteiger partial charge on any atom is 0.251 e. The summed E-state index contributed by atoms with van der Waals surface area (Å²) >= 11 is 1.29. The summed E-state index contributed by atoms with van der Waals surface area (Å²) in [5.74, 6) is 0.550. The van der Waals surface area contributed by atoms with E-state index in [-0.39, 0.29) is 23.6 Å². The highest BCUT2D eigenvalue weighted by atomic mass is 32.2. The maximum atomic E-state index is 12.5. The Bertz CT molecular complexity index is 1000. The van der Waals surface area contributed by atoms with Gasteiger partial charge in [0, 0.05) is 18.3 Å². The van der Waals surface area contributed by atoms with Gasteiger partial charge in [0.1, 0.15) is 0 Å². The number of nitrogens with one attached hydrogen (secondary N) is 2. The number of hydrogen-bond donors (Lipinski definition) is 2. The summed E-state index contributed by atoms with van der Waals surface area (Å²) in [6.45, 7) is 3.80. The Kier molecular flexibility index (Phi) is 6.66. The molecule has 0 fully saturated rings. The van der Waals surface area contributed by atoms with Gasteiger partial charge in [-0.2, -0.15) is 0 Å². The van der Waals surface area contributed by atoms with Crippen molar-refractivity contribution < 1.29 is 9.59 Å². The van der Waals surface area contributed by atoms with Crippen LogP contribution in [-0.2, 0) is 11.8 Å². The molecule has 1 heterocycles. The Labute approximate surface area is 173 Å². The molecule has 3 rings (SSSR count). The molecule has 0 unspecified atom stereocenters. The minimum absolute atomic E-state index is 0.119. The van der Waals surface area contributed by atoms with Crippen molar-refractivity contribution in [2.75, 3.05) is 11.1 Å². The van der Waals surface area contributed by atoms with E-state index in [0.717, 1.165) is 11.3 Å². The summed E-state index contributed by atoms with van der Waals surface area (Å²) < 4.78 is 1.79. The maximum absolute atomic E-state index is 12.5. The summed E-state index contributed by atoms with van der Waals surface area (Å²) in [6.07, 6.45) is 0. The smallest absolute Gasteiger partial charge is 0.251 e. The van der Waals surface area contributed by atoms with E-state index in [1.807, 2.05) is 69.4 Å². The quantitative estimate of drug-likeness (QED) is 0.584. The lowest BCUT2D eigenvalue weighted by Gasteiger charge is -2.14. The van der Waals surface area contributed by atoms with Gasteiger partial charge in [-0.15, -0.1) is 10.2 Å². The van der Waals surface area contributed by atoms with Gasteiger partial charge in [-0.25, -0.2) is 0 Å². The van der Waals surface area contributed by atoms with Crippen LogP contribution >= 0.6 is 11.8 Å². The minimum Gasteiger partial charge on any atom is -0.342 e. The molecule has 2 amide bonds. The number of nitrogens with zero attached hydrogens (tertiary/aromatic N) is 3.